The first-order valence-corrected chi connectivity index (χ1v) is 6.67. The van der Waals surface area contributed by atoms with Crippen molar-refractivity contribution in [2.24, 2.45) is 0 Å². The molecule has 0 atom stereocenters. The summed E-state index contributed by atoms with van der Waals surface area (Å²) in [6.45, 7) is 3.64. The number of amides is 1. The largest absolute Gasteiger partial charge is 0.326 e. The number of hydrogen-bond acceptors (Lipinski definition) is 2. The summed E-state index contributed by atoms with van der Waals surface area (Å²) in [6.07, 6.45) is 6.72. The van der Waals surface area contributed by atoms with E-state index in [0.717, 1.165) is 17.7 Å². The van der Waals surface area contributed by atoms with Gasteiger partial charge in [0, 0.05) is 25.0 Å². The van der Waals surface area contributed by atoms with E-state index in [4.69, 9.17) is 0 Å². The van der Waals surface area contributed by atoms with Gasteiger partial charge in [-0.15, -0.1) is 0 Å². The van der Waals surface area contributed by atoms with Crippen LogP contribution in [0, 0.1) is 0 Å². The number of anilines is 1. The minimum Gasteiger partial charge on any atom is -0.326 e. The van der Waals surface area contributed by atoms with Crippen LogP contribution in [0.15, 0.2) is 48.8 Å². The molecule has 1 amide bonds. The van der Waals surface area contributed by atoms with E-state index < -0.39 is 0 Å². The molecule has 2 rings (SSSR count). The average molecular weight is 266 g/mol. The van der Waals surface area contributed by atoms with Crippen LogP contribution in [0.5, 0.6) is 0 Å². The van der Waals surface area contributed by atoms with Gasteiger partial charge in [0.05, 0.1) is 0 Å². The lowest BCUT2D eigenvalue weighted by atomic mass is 10.0. The molecule has 0 saturated carbocycles. The number of pyridine rings is 1. The maximum absolute atomic E-state index is 11.0. The fourth-order valence-electron chi connectivity index (χ4n) is 2.02. The highest BCUT2D eigenvalue weighted by Crippen LogP contribution is 2.21. The molecule has 20 heavy (non-hydrogen) atoms. The van der Waals surface area contributed by atoms with Gasteiger partial charge >= 0.3 is 0 Å². The number of rotatable bonds is 4. The lowest BCUT2D eigenvalue weighted by Crippen LogP contribution is -2.05. The summed E-state index contributed by atoms with van der Waals surface area (Å²) < 4.78 is 0. The number of nitrogens with one attached hydrogen (secondary N) is 1. The Morgan fingerprint density at radius 3 is 2.35 bits per heavy atom. The predicted octanol–water partition coefficient (Wildman–Crippen LogP) is 3.99. The van der Waals surface area contributed by atoms with Crippen LogP contribution in [0.25, 0.3) is 11.6 Å². The lowest BCUT2D eigenvalue weighted by molar-refractivity contribution is -0.114. The lowest BCUT2D eigenvalue weighted by Gasteiger charge is -2.06. The highest BCUT2D eigenvalue weighted by atomic mass is 16.1. The summed E-state index contributed by atoms with van der Waals surface area (Å²) in [4.78, 5) is 15.0. The highest BCUT2D eigenvalue weighted by molar-refractivity contribution is 5.89. The van der Waals surface area contributed by atoms with Gasteiger partial charge in [0.1, 0.15) is 0 Å². The van der Waals surface area contributed by atoms with Crippen molar-refractivity contribution in [2.75, 3.05) is 5.32 Å². The molecule has 0 aliphatic heterocycles. The first-order valence-electron chi connectivity index (χ1n) is 6.67. The summed E-state index contributed by atoms with van der Waals surface area (Å²) in [7, 11) is 0. The van der Waals surface area contributed by atoms with E-state index in [0.29, 0.717) is 0 Å². The first-order chi connectivity index (χ1) is 9.69. The van der Waals surface area contributed by atoms with Gasteiger partial charge in [-0.3, -0.25) is 9.78 Å². The Hall–Kier alpha value is -2.42. The number of hydrogen-bond donors (Lipinski definition) is 1. The van der Waals surface area contributed by atoms with Crippen LogP contribution >= 0.6 is 0 Å². The summed E-state index contributed by atoms with van der Waals surface area (Å²) in [6, 6.07) is 11.9. The molecule has 0 aliphatic carbocycles. The van der Waals surface area contributed by atoms with Crippen LogP contribution < -0.4 is 5.32 Å². The van der Waals surface area contributed by atoms with Gasteiger partial charge in [0.25, 0.3) is 0 Å². The second-order valence-electron chi connectivity index (χ2n) is 4.56. The molecule has 3 heteroatoms. The summed E-state index contributed by atoms with van der Waals surface area (Å²) >= 11 is 0. The normalized spacial score (nSPS) is 11.2. The monoisotopic (exact) mass is 266 g/mol. The zero-order valence-corrected chi connectivity index (χ0v) is 11.8. The van der Waals surface area contributed by atoms with E-state index in [-0.39, 0.29) is 5.91 Å². The zero-order valence-electron chi connectivity index (χ0n) is 11.8. The van der Waals surface area contributed by atoms with E-state index in [1.54, 1.807) is 12.4 Å². The molecule has 0 aliphatic rings. The van der Waals surface area contributed by atoms with E-state index in [1.165, 1.54) is 18.1 Å². The third-order valence-corrected chi connectivity index (χ3v) is 3.00. The number of carbonyl (C=O) groups is 1. The van der Waals surface area contributed by atoms with Crippen LogP contribution in [-0.2, 0) is 4.79 Å². The molecular formula is C17H18N2O. The van der Waals surface area contributed by atoms with Crippen LogP contribution in [0.4, 0.5) is 5.69 Å². The third-order valence-electron chi connectivity index (χ3n) is 3.00. The summed E-state index contributed by atoms with van der Waals surface area (Å²) in [5.74, 6) is -0.0562. The maximum Gasteiger partial charge on any atom is 0.221 e. The smallest absolute Gasteiger partial charge is 0.221 e. The van der Waals surface area contributed by atoms with Gasteiger partial charge in [0.2, 0.25) is 5.91 Å². The molecule has 0 radical (unpaired) electrons. The SMILES string of the molecule is CC/C(=C\c1ccc(NC(C)=O)cc1)c1ccncc1. The highest BCUT2D eigenvalue weighted by Gasteiger charge is 2.00. The van der Waals surface area contributed by atoms with Crippen LogP contribution in [0.2, 0.25) is 0 Å². The Labute approximate surface area is 119 Å². The summed E-state index contributed by atoms with van der Waals surface area (Å²) in [5, 5.41) is 2.76. The molecule has 2 aromatic rings. The van der Waals surface area contributed by atoms with Crippen molar-refractivity contribution in [3.05, 3.63) is 59.9 Å². The Morgan fingerprint density at radius 1 is 1.15 bits per heavy atom. The Kier molecular flexibility index (Phi) is 4.66. The molecule has 0 saturated heterocycles. The van der Waals surface area contributed by atoms with Crippen LogP contribution in [0.3, 0.4) is 0 Å². The number of nitrogens with zero attached hydrogens (tertiary/aromatic N) is 1. The van der Waals surface area contributed by atoms with Crippen molar-refractivity contribution in [2.45, 2.75) is 20.3 Å². The van der Waals surface area contributed by atoms with Gasteiger partial charge in [-0.05, 0) is 47.4 Å². The molecule has 1 aromatic carbocycles. The molecule has 0 fully saturated rings. The fraction of sp³-hybridized carbons (Fsp3) is 0.176. The Bertz CT molecular complexity index is 601. The number of aromatic nitrogens is 1. The standard InChI is InChI=1S/C17H18N2O/c1-3-15(16-8-10-18-11-9-16)12-14-4-6-17(7-5-14)19-13(2)20/h4-12H,3H2,1-2H3,(H,19,20)/b15-12+. The van der Waals surface area contributed by atoms with Gasteiger partial charge in [-0.1, -0.05) is 25.1 Å². The molecule has 0 bridgehead atoms. The van der Waals surface area contributed by atoms with Crippen molar-refractivity contribution >= 4 is 23.2 Å². The second kappa shape index (κ2) is 6.66. The zero-order chi connectivity index (χ0) is 14.4. The van der Waals surface area contributed by atoms with Crippen molar-refractivity contribution in [1.82, 2.24) is 4.98 Å². The molecule has 1 N–H and O–H groups in total. The minimum absolute atomic E-state index is 0.0562. The molecule has 1 aromatic heterocycles. The third kappa shape index (κ3) is 3.79. The molecule has 0 spiro atoms. The molecule has 0 unspecified atom stereocenters. The minimum atomic E-state index is -0.0562. The molecule has 3 nitrogen and oxygen atoms in total. The summed E-state index contributed by atoms with van der Waals surface area (Å²) in [5.41, 5.74) is 4.39. The quantitative estimate of drug-likeness (QED) is 0.909. The van der Waals surface area contributed by atoms with Crippen molar-refractivity contribution in [3.63, 3.8) is 0 Å². The Balaban J connectivity index is 2.22. The van der Waals surface area contributed by atoms with E-state index in [1.807, 2.05) is 36.4 Å². The van der Waals surface area contributed by atoms with Gasteiger partial charge < -0.3 is 5.32 Å². The van der Waals surface area contributed by atoms with Crippen LogP contribution in [-0.4, -0.2) is 10.9 Å². The van der Waals surface area contributed by atoms with Crippen molar-refractivity contribution < 1.29 is 4.79 Å². The number of carbonyl (C=O) groups excluding carboxylic acids is 1. The molecular weight excluding hydrogens is 248 g/mol. The van der Waals surface area contributed by atoms with Gasteiger partial charge in [0.15, 0.2) is 0 Å². The second-order valence-corrected chi connectivity index (χ2v) is 4.56. The number of benzene rings is 1. The van der Waals surface area contributed by atoms with E-state index in [2.05, 4.69) is 23.3 Å². The first kappa shape index (κ1) is 14.0. The molecule has 102 valence electrons. The van der Waals surface area contributed by atoms with Crippen molar-refractivity contribution in [1.29, 1.82) is 0 Å². The van der Waals surface area contributed by atoms with Gasteiger partial charge in [-0.2, -0.15) is 0 Å². The van der Waals surface area contributed by atoms with Gasteiger partial charge in [-0.25, -0.2) is 0 Å². The van der Waals surface area contributed by atoms with E-state index >= 15 is 0 Å². The van der Waals surface area contributed by atoms with E-state index in [9.17, 15) is 4.79 Å². The topological polar surface area (TPSA) is 42.0 Å². The average Bonchev–Trinajstić information content (AvgIpc) is 2.47. The predicted molar refractivity (Wildman–Crippen MR) is 83.1 cm³/mol. The number of allylic oxidation sites excluding steroid dienone is 1. The maximum atomic E-state index is 11.0. The Morgan fingerprint density at radius 2 is 1.80 bits per heavy atom. The fourth-order valence-corrected chi connectivity index (χ4v) is 2.02. The van der Waals surface area contributed by atoms with Crippen LogP contribution in [0.1, 0.15) is 31.4 Å². The molecule has 1 heterocycles. The van der Waals surface area contributed by atoms with Crippen molar-refractivity contribution in [3.8, 4) is 0 Å².